The van der Waals surface area contributed by atoms with Crippen molar-refractivity contribution in [1.29, 1.82) is 0 Å². The average molecular weight is 394 g/mol. The standard InChI is InChI=1S/C23H19FO5/c1-14(25)21-13-20(28-15(21)2)11-12-22(26)29-19-9-5-17(6-10-19)23(27)16-3-7-18(24)8-4-16/h3-10,13H,11-12H2,1-2H3. The predicted molar refractivity (Wildman–Crippen MR) is 104 cm³/mol. The number of ketones is 2. The van der Waals surface area contributed by atoms with Gasteiger partial charge in [-0.1, -0.05) is 0 Å². The average Bonchev–Trinajstić information content (AvgIpc) is 3.08. The number of esters is 1. The molecule has 148 valence electrons. The van der Waals surface area contributed by atoms with Gasteiger partial charge in [-0.2, -0.15) is 0 Å². The third-order valence-electron chi connectivity index (χ3n) is 4.38. The number of carbonyl (C=O) groups excluding carboxylic acids is 3. The van der Waals surface area contributed by atoms with Crippen molar-refractivity contribution in [3.63, 3.8) is 0 Å². The maximum Gasteiger partial charge on any atom is 0.311 e. The van der Waals surface area contributed by atoms with Crippen molar-refractivity contribution in [3.05, 3.63) is 88.6 Å². The summed E-state index contributed by atoms with van der Waals surface area (Å²) in [6, 6.07) is 13.1. The zero-order valence-electron chi connectivity index (χ0n) is 16.0. The minimum absolute atomic E-state index is 0.0839. The Hall–Kier alpha value is -3.54. The van der Waals surface area contributed by atoms with Crippen molar-refractivity contribution in [2.45, 2.75) is 26.7 Å². The molecule has 0 spiro atoms. The maximum atomic E-state index is 13.0. The highest BCUT2D eigenvalue weighted by Gasteiger charge is 2.14. The van der Waals surface area contributed by atoms with E-state index in [-0.39, 0.29) is 18.0 Å². The lowest BCUT2D eigenvalue weighted by Gasteiger charge is -2.05. The zero-order valence-corrected chi connectivity index (χ0v) is 16.0. The minimum Gasteiger partial charge on any atom is -0.466 e. The second-order valence-corrected chi connectivity index (χ2v) is 6.57. The number of ether oxygens (including phenoxy) is 1. The van der Waals surface area contributed by atoms with E-state index in [1.54, 1.807) is 25.1 Å². The number of halogens is 1. The molecule has 3 aromatic rings. The van der Waals surface area contributed by atoms with Gasteiger partial charge in [0.15, 0.2) is 11.6 Å². The summed E-state index contributed by atoms with van der Waals surface area (Å²) in [6.45, 7) is 3.16. The Bertz CT molecular complexity index is 1050. The highest BCUT2D eigenvalue weighted by atomic mass is 19.1. The predicted octanol–water partition coefficient (Wildman–Crippen LogP) is 4.70. The van der Waals surface area contributed by atoms with E-state index in [1.807, 2.05) is 0 Å². The van der Waals surface area contributed by atoms with Crippen molar-refractivity contribution in [2.75, 3.05) is 0 Å². The van der Waals surface area contributed by atoms with Crippen molar-refractivity contribution in [2.24, 2.45) is 0 Å². The van der Waals surface area contributed by atoms with E-state index in [4.69, 9.17) is 9.15 Å². The van der Waals surface area contributed by atoms with Crippen LogP contribution < -0.4 is 4.74 Å². The Labute approximate surface area is 167 Å². The molecule has 0 amide bonds. The van der Waals surface area contributed by atoms with Crippen LogP contribution in [0.5, 0.6) is 5.75 Å². The molecule has 0 aliphatic carbocycles. The number of hydrogen-bond donors (Lipinski definition) is 0. The molecule has 2 aromatic carbocycles. The first-order valence-corrected chi connectivity index (χ1v) is 9.05. The van der Waals surface area contributed by atoms with Crippen LogP contribution in [0.4, 0.5) is 4.39 Å². The van der Waals surface area contributed by atoms with Crippen molar-refractivity contribution in [3.8, 4) is 5.75 Å². The van der Waals surface area contributed by atoms with E-state index in [2.05, 4.69) is 0 Å². The molecule has 5 nitrogen and oxygen atoms in total. The van der Waals surface area contributed by atoms with Crippen LogP contribution in [0.2, 0.25) is 0 Å². The summed E-state index contributed by atoms with van der Waals surface area (Å²) < 4.78 is 23.7. The monoisotopic (exact) mass is 394 g/mol. The first-order valence-electron chi connectivity index (χ1n) is 9.05. The first-order chi connectivity index (χ1) is 13.8. The van der Waals surface area contributed by atoms with Crippen LogP contribution in [-0.4, -0.2) is 17.5 Å². The highest BCUT2D eigenvalue weighted by Crippen LogP contribution is 2.19. The summed E-state index contributed by atoms with van der Waals surface area (Å²) in [4.78, 5) is 35.9. The summed E-state index contributed by atoms with van der Waals surface area (Å²) in [5, 5.41) is 0. The lowest BCUT2D eigenvalue weighted by atomic mass is 10.0. The van der Waals surface area contributed by atoms with Gasteiger partial charge in [-0.05, 0) is 68.4 Å². The molecule has 0 aliphatic heterocycles. The molecule has 0 aliphatic rings. The number of hydrogen-bond acceptors (Lipinski definition) is 5. The van der Waals surface area contributed by atoms with Crippen molar-refractivity contribution in [1.82, 2.24) is 0 Å². The van der Waals surface area contributed by atoms with Crippen LogP contribution >= 0.6 is 0 Å². The SMILES string of the molecule is CC(=O)c1cc(CCC(=O)Oc2ccc(C(=O)c3ccc(F)cc3)cc2)oc1C. The van der Waals surface area contributed by atoms with Gasteiger partial charge in [0, 0.05) is 17.5 Å². The Kier molecular flexibility index (Phi) is 6.02. The van der Waals surface area contributed by atoms with Gasteiger partial charge in [0.1, 0.15) is 23.1 Å². The molecule has 0 N–H and O–H groups in total. The lowest BCUT2D eigenvalue weighted by molar-refractivity contribution is -0.134. The number of furan rings is 1. The summed E-state index contributed by atoms with van der Waals surface area (Å²) in [5.41, 5.74) is 1.28. The van der Waals surface area contributed by atoms with E-state index >= 15 is 0 Å². The number of rotatable bonds is 7. The molecule has 0 bridgehead atoms. The Balaban J connectivity index is 1.57. The molecule has 0 fully saturated rings. The molecular weight excluding hydrogens is 375 g/mol. The van der Waals surface area contributed by atoms with Crippen LogP contribution in [-0.2, 0) is 11.2 Å². The second-order valence-electron chi connectivity index (χ2n) is 6.57. The Morgan fingerprint density at radius 1 is 0.966 bits per heavy atom. The van der Waals surface area contributed by atoms with Gasteiger partial charge < -0.3 is 9.15 Å². The quantitative estimate of drug-likeness (QED) is 0.330. The van der Waals surface area contributed by atoms with Crippen molar-refractivity contribution < 1.29 is 27.9 Å². The van der Waals surface area contributed by atoms with E-state index in [9.17, 15) is 18.8 Å². The van der Waals surface area contributed by atoms with Crippen LogP contribution in [0.15, 0.2) is 59.0 Å². The number of carbonyl (C=O) groups is 3. The molecule has 0 saturated heterocycles. The smallest absolute Gasteiger partial charge is 0.311 e. The highest BCUT2D eigenvalue weighted by molar-refractivity contribution is 6.09. The molecule has 0 atom stereocenters. The number of Topliss-reactive ketones (excluding diaryl/α,β-unsaturated/α-hetero) is 1. The third kappa shape index (κ3) is 5.04. The van der Waals surface area contributed by atoms with E-state index in [1.165, 1.54) is 43.3 Å². The molecule has 6 heteroatoms. The molecule has 0 saturated carbocycles. The lowest BCUT2D eigenvalue weighted by Crippen LogP contribution is -2.09. The fourth-order valence-corrected chi connectivity index (χ4v) is 2.87. The van der Waals surface area contributed by atoms with Crippen LogP contribution in [0.25, 0.3) is 0 Å². The first kappa shape index (κ1) is 20.2. The molecule has 29 heavy (non-hydrogen) atoms. The Morgan fingerprint density at radius 3 is 2.10 bits per heavy atom. The molecule has 3 rings (SSSR count). The van der Waals surface area contributed by atoms with Crippen LogP contribution in [0.3, 0.4) is 0 Å². The van der Waals surface area contributed by atoms with E-state index < -0.39 is 11.8 Å². The largest absolute Gasteiger partial charge is 0.466 e. The van der Waals surface area contributed by atoms with E-state index in [0.717, 1.165) is 0 Å². The fourth-order valence-electron chi connectivity index (χ4n) is 2.87. The normalized spacial score (nSPS) is 10.6. The maximum absolute atomic E-state index is 13.0. The third-order valence-corrected chi connectivity index (χ3v) is 4.38. The second kappa shape index (κ2) is 8.65. The molecule has 1 aromatic heterocycles. The summed E-state index contributed by atoms with van der Waals surface area (Å²) >= 11 is 0. The summed E-state index contributed by atoms with van der Waals surface area (Å²) in [5.74, 6) is 0.178. The van der Waals surface area contributed by atoms with Gasteiger partial charge >= 0.3 is 5.97 Å². The van der Waals surface area contributed by atoms with Crippen LogP contribution in [0.1, 0.15) is 51.1 Å². The molecular formula is C23H19FO5. The van der Waals surface area contributed by atoms with Gasteiger partial charge in [0.2, 0.25) is 0 Å². The van der Waals surface area contributed by atoms with Crippen LogP contribution in [0, 0.1) is 12.7 Å². The fraction of sp³-hybridized carbons (Fsp3) is 0.174. The summed E-state index contributed by atoms with van der Waals surface area (Å²) in [6.07, 6.45) is 0.397. The molecule has 0 radical (unpaired) electrons. The zero-order chi connectivity index (χ0) is 21.0. The van der Waals surface area contributed by atoms with Gasteiger partial charge in [-0.25, -0.2) is 4.39 Å². The van der Waals surface area contributed by atoms with E-state index in [0.29, 0.717) is 40.4 Å². The van der Waals surface area contributed by atoms with Gasteiger partial charge in [0.05, 0.1) is 12.0 Å². The number of benzene rings is 2. The van der Waals surface area contributed by atoms with Gasteiger partial charge in [-0.15, -0.1) is 0 Å². The number of aryl methyl sites for hydroxylation is 2. The van der Waals surface area contributed by atoms with Gasteiger partial charge in [0.25, 0.3) is 0 Å². The summed E-state index contributed by atoms with van der Waals surface area (Å²) in [7, 11) is 0. The van der Waals surface area contributed by atoms with Crippen molar-refractivity contribution >= 4 is 17.5 Å². The molecule has 0 unspecified atom stereocenters. The van der Waals surface area contributed by atoms with Gasteiger partial charge in [-0.3, -0.25) is 14.4 Å². The minimum atomic E-state index is -0.457. The Morgan fingerprint density at radius 2 is 1.55 bits per heavy atom. The molecule has 1 heterocycles. The topological polar surface area (TPSA) is 73.6 Å².